The number of hydrogen-bond acceptors (Lipinski definition) is 4. The molecular formula is C14H16ClN3O3. The Morgan fingerprint density at radius 3 is 2.95 bits per heavy atom. The lowest BCUT2D eigenvalue weighted by molar-refractivity contribution is -0.385. The maximum Gasteiger partial charge on any atom is 0.283 e. The topological polar surface area (TPSA) is 84.3 Å². The molecule has 1 aromatic rings. The molecule has 0 fully saturated rings. The van der Waals surface area contributed by atoms with Crippen LogP contribution < -0.4 is 10.6 Å². The van der Waals surface area contributed by atoms with E-state index in [1.54, 1.807) is 0 Å². The van der Waals surface area contributed by atoms with Gasteiger partial charge in [0, 0.05) is 19.2 Å². The quantitative estimate of drug-likeness (QED) is 0.496. The van der Waals surface area contributed by atoms with Crippen LogP contribution in [-0.4, -0.2) is 30.5 Å². The number of carbonyl (C=O) groups is 1. The molecule has 1 aromatic carbocycles. The van der Waals surface area contributed by atoms with Crippen molar-refractivity contribution < 1.29 is 9.72 Å². The summed E-state index contributed by atoms with van der Waals surface area (Å²) in [4.78, 5) is 22.4. The van der Waals surface area contributed by atoms with E-state index in [9.17, 15) is 14.9 Å². The normalized spacial score (nSPS) is 14.4. The average Bonchev–Trinajstić information content (AvgIpc) is 2.47. The third-order valence-electron chi connectivity index (χ3n) is 3.31. The molecule has 0 saturated carbocycles. The molecule has 1 aliphatic rings. The van der Waals surface area contributed by atoms with Gasteiger partial charge in [0.05, 0.1) is 9.95 Å². The molecule has 21 heavy (non-hydrogen) atoms. The molecule has 0 saturated heterocycles. The molecule has 1 aliphatic heterocycles. The first-order valence-corrected chi connectivity index (χ1v) is 7.07. The number of nitro benzene ring substituents is 1. The highest BCUT2D eigenvalue weighted by molar-refractivity contribution is 6.34. The molecule has 0 aliphatic carbocycles. The van der Waals surface area contributed by atoms with Crippen molar-refractivity contribution in [2.45, 2.75) is 12.8 Å². The van der Waals surface area contributed by atoms with Gasteiger partial charge in [-0.3, -0.25) is 14.9 Å². The number of nitro groups is 1. The molecule has 112 valence electrons. The molecule has 7 heteroatoms. The molecule has 0 radical (unpaired) electrons. The Bertz CT molecular complexity index is 587. The fourth-order valence-corrected chi connectivity index (χ4v) is 2.47. The number of halogens is 1. The molecule has 0 unspecified atom stereocenters. The smallest absolute Gasteiger partial charge is 0.283 e. The maximum absolute atomic E-state index is 12.1. The summed E-state index contributed by atoms with van der Waals surface area (Å²) in [7, 11) is 0. The lowest BCUT2D eigenvalue weighted by Crippen LogP contribution is -2.27. The van der Waals surface area contributed by atoms with Crippen molar-refractivity contribution in [1.82, 2.24) is 10.6 Å². The van der Waals surface area contributed by atoms with E-state index in [1.807, 2.05) is 0 Å². The first-order chi connectivity index (χ1) is 10.1. The molecular weight excluding hydrogens is 294 g/mol. The van der Waals surface area contributed by atoms with E-state index in [2.05, 4.69) is 16.7 Å². The van der Waals surface area contributed by atoms with Gasteiger partial charge in [0.2, 0.25) is 0 Å². The number of carbonyl (C=O) groups excluding carboxylic acids is 1. The summed E-state index contributed by atoms with van der Waals surface area (Å²) < 4.78 is 0. The zero-order chi connectivity index (χ0) is 15.2. The SMILES string of the molecule is O=C(NCCC1=CCNCC1)c1c(Cl)cccc1[N+](=O)[O-]. The van der Waals surface area contributed by atoms with Crippen molar-refractivity contribution in [3.8, 4) is 0 Å². The maximum atomic E-state index is 12.1. The van der Waals surface area contributed by atoms with Gasteiger partial charge < -0.3 is 10.6 Å². The molecule has 0 bridgehead atoms. The summed E-state index contributed by atoms with van der Waals surface area (Å²) in [5.41, 5.74) is 0.923. The van der Waals surface area contributed by atoms with Crippen LogP contribution in [0.5, 0.6) is 0 Å². The third kappa shape index (κ3) is 4.03. The van der Waals surface area contributed by atoms with Gasteiger partial charge in [0.25, 0.3) is 11.6 Å². The molecule has 1 heterocycles. The zero-order valence-electron chi connectivity index (χ0n) is 11.4. The highest BCUT2D eigenvalue weighted by Gasteiger charge is 2.22. The summed E-state index contributed by atoms with van der Waals surface area (Å²) in [6.07, 6.45) is 3.81. The van der Waals surface area contributed by atoms with Crippen LogP contribution >= 0.6 is 11.6 Å². The summed E-state index contributed by atoms with van der Waals surface area (Å²) >= 11 is 5.91. The van der Waals surface area contributed by atoms with Gasteiger partial charge in [-0.25, -0.2) is 0 Å². The van der Waals surface area contributed by atoms with E-state index in [-0.39, 0.29) is 16.3 Å². The minimum absolute atomic E-state index is 0.0801. The van der Waals surface area contributed by atoms with Crippen LogP contribution in [0.1, 0.15) is 23.2 Å². The van der Waals surface area contributed by atoms with Crippen molar-refractivity contribution in [1.29, 1.82) is 0 Å². The van der Waals surface area contributed by atoms with Crippen LogP contribution in [-0.2, 0) is 0 Å². The van der Waals surface area contributed by atoms with Gasteiger partial charge in [-0.15, -0.1) is 0 Å². The van der Waals surface area contributed by atoms with E-state index in [0.29, 0.717) is 6.54 Å². The van der Waals surface area contributed by atoms with Crippen LogP contribution in [0.4, 0.5) is 5.69 Å². The Balaban J connectivity index is 2.00. The van der Waals surface area contributed by atoms with Gasteiger partial charge in [0.1, 0.15) is 5.56 Å². The fourth-order valence-electron chi connectivity index (χ4n) is 2.21. The van der Waals surface area contributed by atoms with E-state index in [4.69, 9.17) is 11.6 Å². The third-order valence-corrected chi connectivity index (χ3v) is 3.62. The average molecular weight is 310 g/mol. The molecule has 2 N–H and O–H groups in total. The summed E-state index contributed by atoms with van der Waals surface area (Å²) in [5, 5.41) is 16.9. The van der Waals surface area contributed by atoms with Gasteiger partial charge in [0.15, 0.2) is 0 Å². The van der Waals surface area contributed by atoms with E-state index in [1.165, 1.54) is 23.8 Å². The molecule has 0 atom stereocenters. The lowest BCUT2D eigenvalue weighted by atomic mass is 10.1. The Kier molecular flexibility index (Phi) is 5.30. The van der Waals surface area contributed by atoms with Crippen LogP contribution in [0.15, 0.2) is 29.8 Å². The van der Waals surface area contributed by atoms with Gasteiger partial charge in [-0.05, 0) is 25.5 Å². The Labute approximate surface area is 127 Å². The number of hydrogen-bond donors (Lipinski definition) is 2. The molecule has 0 aromatic heterocycles. The minimum Gasteiger partial charge on any atom is -0.351 e. The standard InChI is InChI=1S/C14H16ClN3O3/c15-11-2-1-3-12(18(20)21)13(11)14(19)17-9-6-10-4-7-16-8-5-10/h1-4,16H,5-9H2,(H,17,19). The number of benzene rings is 1. The number of amides is 1. The number of nitrogens with zero attached hydrogens (tertiary/aromatic N) is 1. The molecule has 2 rings (SSSR count). The van der Waals surface area contributed by atoms with E-state index >= 15 is 0 Å². The van der Waals surface area contributed by atoms with Crippen LogP contribution in [0.25, 0.3) is 0 Å². The Morgan fingerprint density at radius 2 is 2.29 bits per heavy atom. The minimum atomic E-state index is -0.601. The lowest BCUT2D eigenvalue weighted by Gasteiger charge is -2.14. The first kappa shape index (κ1) is 15.5. The first-order valence-electron chi connectivity index (χ1n) is 6.69. The molecule has 0 spiro atoms. The number of rotatable bonds is 5. The van der Waals surface area contributed by atoms with Crippen LogP contribution in [0.2, 0.25) is 5.02 Å². The van der Waals surface area contributed by atoms with Crippen molar-refractivity contribution >= 4 is 23.2 Å². The van der Waals surface area contributed by atoms with Crippen molar-refractivity contribution in [3.63, 3.8) is 0 Å². The van der Waals surface area contributed by atoms with Gasteiger partial charge in [-0.1, -0.05) is 29.3 Å². The summed E-state index contributed by atoms with van der Waals surface area (Å²) in [6, 6.07) is 4.20. The van der Waals surface area contributed by atoms with E-state index in [0.717, 1.165) is 25.9 Å². The predicted molar refractivity (Wildman–Crippen MR) is 80.6 cm³/mol. The molecule has 1 amide bonds. The van der Waals surface area contributed by atoms with Crippen molar-refractivity contribution in [2.24, 2.45) is 0 Å². The van der Waals surface area contributed by atoms with Crippen molar-refractivity contribution in [3.05, 3.63) is 50.5 Å². The predicted octanol–water partition coefficient (Wildman–Crippen LogP) is 2.29. The highest BCUT2D eigenvalue weighted by Crippen LogP contribution is 2.26. The monoisotopic (exact) mass is 309 g/mol. The van der Waals surface area contributed by atoms with Gasteiger partial charge >= 0.3 is 0 Å². The summed E-state index contributed by atoms with van der Waals surface area (Å²) in [6.45, 7) is 2.22. The largest absolute Gasteiger partial charge is 0.351 e. The second kappa shape index (κ2) is 7.19. The summed E-state index contributed by atoms with van der Waals surface area (Å²) in [5.74, 6) is -0.512. The molecule has 6 nitrogen and oxygen atoms in total. The Morgan fingerprint density at radius 1 is 1.48 bits per heavy atom. The highest BCUT2D eigenvalue weighted by atomic mass is 35.5. The van der Waals surface area contributed by atoms with Crippen molar-refractivity contribution in [2.75, 3.05) is 19.6 Å². The van der Waals surface area contributed by atoms with Crippen LogP contribution in [0, 0.1) is 10.1 Å². The second-order valence-electron chi connectivity index (χ2n) is 4.71. The van der Waals surface area contributed by atoms with Gasteiger partial charge in [-0.2, -0.15) is 0 Å². The zero-order valence-corrected chi connectivity index (χ0v) is 12.2. The second-order valence-corrected chi connectivity index (χ2v) is 5.12. The van der Waals surface area contributed by atoms with E-state index < -0.39 is 10.8 Å². The van der Waals surface area contributed by atoms with Crippen LogP contribution in [0.3, 0.4) is 0 Å². The number of nitrogens with one attached hydrogen (secondary N) is 2. The fraction of sp³-hybridized carbons (Fsp3) is 0.357. The Hall–Kier alpha value is -1.92.